The molecule has 1 saturated heterocycles. The maximum atomic E-state index is 12.7. The summed E-state index contributed by atoms with van der Waals surface area (Å²) in [6.07, 6.45) is 7.15. The second kappa shape index (κ2) is 7.47. The van der Waals surface area contributed by atoms with Gasteiger partial charge in [-0.15, -0.1) is 0 Å². The first-order valence-electron chi connectivity index (χ1n) is 8.73. The van der Waals surface area contributed by atoms with Crippen molar-refractivity contribution in [2.45, 2.75) is 45.6 Å². The van der Waals surface area contributed by atoms with Gasteiger partial charge in [0.05, 0.1) is 6.04 Å². The smallest absolute Gasteiger partial charge is 0.321 e. The van der Waals surface area contributed by atoms with Gasteiger partial charge in [-0.05, 0) is 42.9 Å². The Morgan fingerprint density at radius 2 is 2.21 bits per heavy atom. The molecule has 1 aliphatic heterocycles. The molecule has 2 amide bonds. The quantitative estimate of drug-likeness (QED) is 0.937. The summed E-state index contributed by atoms with van der Waals surface area (Å²) in [6.45, 7) is 5.69. The number of rotatable bonds is 4. The summed E-state index contributed by atoms with van der Waals surface area (Å²) in [5, 5.41) is 7.33. The number of nitrogens with zero attached hydrogens (tertiary/aromatic N) is 4. The number of hydrogen-bond acceptors (Lipinski definition) is 3. The van der Waals surface area contributed by atoms with Gasteiger partial charge >= 0.3 is 6.03 Å². The number of amides is 2. The molecule has 1 unspecified atom stereocenters. The van der Waals surface area contributed by atoms with Gasteiger partial charge in [-0.3, -0.25) is 0 Å². The van der Waals surface area contributed by atoms with Crippen LogP contribution in [-0.4, -0.2) is 38.8 Å². The molecular formula is C18H25N5O. The Labute approximate surface area is 142 Å². The molecule has 0 bridgehead atoms. The molecule has 1 atom stereocenters. The molecule has 3 rings (SSSR count). The number of hydrogen-bond donors (Lipinski definition) is 1. The molecule has 1 fully saturated rings. The fourth-order valence-corrected chi connectivity index (χ4v) is 3.22. The number of aryl methyl sites for hydroxylation is 2. The second-order valence-electron chi connectivity index (χ2n) is 6.25. The van der Waals surface area contributed by atoms with E-state index in [0.29, 0.717) is 6.54 Å². The van der Waals surface area contributed by atoms with E-state index in [2.05, 4.69) is 47.4 Å². The standard InChI is InChI=1S/C18H25N5O/c1-3-14-7-8-15(4-2)17(10-14)21-18(24)22-9-5-6-16(11-22)23-13-19-12-20-23/h7-8,10,12-13,16H,3-6,9,11H2,1-2H3,(H,21,24). The molecule has 2 aromatic rings. The number of carbonyl (C=O) groups excluding carboxylic acids is 1. The molecule has 0 spiro atoms. The van der Waals surface area contributed by atoms with Gasteiger partial charge in [0.1, 0.15) is 12.7 Å². The van der Waals surface area contributed by atoms with Gasteiger partial charge in [0.25, 0.3) is 0 Å². The van der Waals surface area contributed by atoms with Crippen LogP contribution in [0.5, 0.6) is 0 Å². The highest BCUT2D eigenvalue weighted by Crippen LogP contribution is 2.23. The van der Waals surface area contributed by atoms with E-state index in [1.54, 1.807) is 12.7 Å². The lowest BCUT2D eigenvalue weighted by atomic mass is 10.0. The topological polar surface area (TPSA) is 63.1 Å². The summed E-state index contributed by atoms with van der Waals surface area (Å²) < 4.78 is 1.86. The van der Waals surface area contributed by atoms with Crippen LogP contribution < -0.4 is 5.32 Å². The molecule has 0 radical (unpaired) electrons. The monoisotopic (exact) mass is 327 g/mol. The average molecular weight is 327 g/mol. The van der Waals surface area contributed by atoms with Crippen LogP contribution in [0.2, 0.25) is 0 Å². The van der Waals surface area contributed by atoms with Crippen molar-refractivity contribution in [3.05, 3.63) is 42.0 Å². The minimum Gasteiger partial charge on any atom is -0.322 e. The van der Waals surface area contributed by atoms with Crippen LogP contribution in [0.4, 0.5) is 10.5 Å². The summed E-state index contributed by atoms with van der Waals surface area (Å²) in [6, 6.07) is 6.52. The lowest BCUT2D eigenvalue weighted by Crippen LogP contribution is -2.43. The number of nitrogens with one attached hydrogen (secondary N) is 1. The van der Waals surface area contributed by atoms with Crippen molar-refractivity contribution in [1.82, 2.24) is 19.7 Å². The second-order valence-corrected chi connectivity index (χ2v) is 6.25. The van der Waals surface area contributed by atoms with Crippen LogP contribution in [0.15, 0.2) is 30.9 Å². The molecule has 128 valence electrons. The Morgan fingerprint density at radius 3 is 2.92 bits per heavy atom. The van der Waals surface area contributed by atoms with Gasteiger partial charge in [-0.25, -0.2) is 14.5 Å². The highest BCUT2D eigenvalue weighted by molar-refractivity contribution is 5.90. The van der Waals surface area contributed by atoms with Gasteiger partial charge in [0, 0.05) is 18.8 Å². The summed E-state index contributed by atoms with van der Waals surface area (Å²) in [4.78, 5) is 18.6. The number of carbonyl (C=O) groups is 1. The molecule has 1 aliphatic rings. The van der Waals surface area contributed by atoms with Gasteiger partial charge in [-0.2, -0.15) is 5.10 Å². The molecule has 1 N–H and O–H groups in total. The van der Waals surface area contributed by atoms with E-state index in [9.17, 15) is 4.79 Å². The molecule has 6 heteroatoms. The third-order valence-electron chi connectivity index (χ3n) is 4.70. The molecule has 2 heterocycles. The Hall–Kier alpha value is -2.37. The third-order valence-corrected chi connectivity index (χ3v) is 4.70. The van der Waals surface area contributed by atoms with E-state index >= 15 is 0 Å². The van der Waals surface area contributed by atoms with Crippen molar-refractivity contribution in [3.63, 3.8) is 0 Å². The number of piperidine rings is 1. The maximum absolute atomic E-state index is 12.7. The third kappa shape index (κ3) is 3.58. The SMILES string of the molecule is CCc1ccc(CC)c(NC(=O)N2CCCC(n3cncn3)C2)c1. The highest BCUT2D eigenvalue weighted by Gasteiger charge is 2.25. The summed E-state index contributed by atoms with van der Waals surface area (Å²) in [7, 11) is 0. The molecule has 0 saturated carbocycles. The Bertz CT molecular complexity index is 683. The fraction of sp³-hybridized carbons (Fsp3) is 0.500. The first-order valence-corrected chi connectivity index (χ1v) is 8.73. The maximum Gasteiger partial charge on any atom is 0.321 e. The highest BCUT2D eigenvalue weighted by atomic mass is 16.2. The molecule has 1 aromatic carbocycles. The number of aromatic nitrogens is 3. The van der Waals surface area contributed by atoms with Gasteiger partial charge in [0.2, 0.25) is 0 Å². The van der Waals surface area contributed by atoms with Crippen LogP contribution in [-0.2, 0) is 12.8 Å². The summed E-state index contributed by atoms with van der Waals surface area (Å²) in [5.74, 6) is 0. The summed E-state index contributed by atoms with van der Waals surface area (Å²) >= 11 is 0. The van der Waals surface area contributed by atoms with Crippen molar-refractivity contribution >= 4 is 11.7 Å². The Balaban J connectivity index is 1.70. The van der Waals surface area contributed by atoms with E-state index in [-0.39, 0.29) is 12.1 Å². The first-order chi connectivity index (χ1) is 11.7. The predicted molar refractivity (Wildman–Crippen MR) is 94.1 cm³/mol. The molecule has 1 aromatic heterocycles. The van der Waals surface area contributed by atoms with Crippen LogP contribution in [0, 0.1) is 0 Å². The normalized spacial score (nSPS) is 17.8. The van der Waals surface area contributed by atoms with Gasteiger partial charge < -0.3 is 10.2 Å². The minimum atomic E-state index is -0.0252. The molecule has 6 nitrogen and oxygen atoms in total. The molecule has 0 aliphatic carbocycles. The largest absolute Gasteiger partial charge is 0.322 e. The lowest BCUT2D eigenvalue weighted by Gasteiger charge is -2.32. The van der Waals surface area contributed by atoms with Crippen LogP contribution >= 0.6 is 0 Å². The lowest BCUT2D eigenvalue weighted by molar-refractivity contribution is 0.174. The number of benzene rings is 1. The zero-order valence-electron chi connectivity index (χ0n) is 14.4. The van der Waals surface area contributed by atoms with Crippen molar-refractivity contribution in [2.75, 3.05) is 18.4 Å². The summed E-state index contributed by atoms with van der Waals surface area (Å²) in [5.41, 5.74) is 3.34. The van der Waals surface area contributed by atoms with Crippen LogP contribution in [0.25, 0.3) is 0 Å². The zero-order chi connectivity index (χ0) is 16.9. The number of anilines is 1. The van der Waals surface area contributed by atoms with E-state index in [0.717, 1.165) is 37.9 Å². The van der Waals surface area contributed by atoms with E-state index in [4.69, 9.17) is 0 Å². The number of likely N-dealkylation sites (tertiary alicyclic amines) is 1. The van der Waals surface area contributed by atoms with E-state index < -0.39 is 0 Å². The average Bonchev–Trinajstić information content (AvgIpc) is 3.16. The molecule has 24 heavy (non-hydrogen) atoms. The Kier molecular flexibility index (Phi) is 5.13. The first kappa shape index (κ1) is 16.5. The van der Waals surface area contributed by atoms with Crippen molar-refractivity contribution in [1.29, 1.82) is 0 Å². The van der Waals surface area contributed by atoms with Crippen molar-refractivity contribution in [2.24, 2.45) is 0 Å². The van der Waals surface area contributed by atoms with Crippen LogP contribution in [0.3, 0.4) is 0 Å². The van der Waals surface area contributed by atoms with Gasteiger partial charge in [-0.1, -0.05) is 26.0 Å². The van der Waals surface area contributed by atoms with Crippen LogP contribution in [0.1, 0.15) is 43.9 Å². The minimum absolute atomic E-state index is 0.0252. The molecular weight excluding hydrogens is 302 g/mol. The van der Waals surface area contributed by atoms with E-state index in [1.165, 1.54) is 11.1 Å². The fourth-order valence-electron chi connectivity index (χ4n) is 3.22. The van der Waals surface area contributed by atoms with Gasteiger partial charge in [0.15, 0.2) is 0 Å². The number of urea groups is 1. The van der Waals surface area contributed by atoms with Crippen molar-refractivity contribution in [3.8, 4) is 0 Å². The van der Waals surface area contributed by atoms with Crippen molar-refractivity contribution < 1.29 is 4.79 Å². The Morgan fingerprint density at radius 1 is 1.33 bits per heavy atom. The predicted octanol–water partition coefficient (Wildman–Crippen LogP) is 3.27. The van der Waals surface area contributed by atoms with E-state index in [1.807, 2.05) is 9.58 Å². The zero-order valence-corrected chi connectivity index (χ0v) is 14.4.